The minimum absolute atomic E-state index is 0.00911. The molecule has 0 bridgehead atoms. The molecule has 1 aliphatic carbocycles. The Morgan fingerprint density at radius 1 is 1.04 bits per heavy atom. The van der Waals surface area contributed by atoms with Crippen molar-refractivity contribution in [3.05, 3.63) is 0 Å². The first-order chi connectivity index (χ1) is 11.0. The van der Waals surface area contributed by atoms with Gasteiger partial charge in [-0.25, -0.2) is 0 Å². The van der Waals surface area contributed by atoms with E-state index in [2.05, 4.69) is 43.2 Å². The van der Waals surface area contributed by atoms with Crippen molar-refractivity contribution in [2.45, 2.75) is 65.8 Å². The molecule has 0 aromatic carbocycles. The van der Waals surface area contributed by atoms with E-state index in [0.29, 0.717) is 18.4 Å². The normalized spacial score (nSPS) is 24.5. The highest BCUT2D eigenvalue weighted by atomic mass is 16.2. The Hall–Kier alpha value is -1.10. The highest BCUT2D eigenvalue weighted by molar-refractivity contribution is 5.83. The molecule has 0 aromatic heterocycles. The van der Waals surface area contributed by atoms with E-state index in [1.165, 1.54) is 12.8 Å². The van der Waals surface area contributed by atoms with Crippen LogP contribution in [0.4, 0.5) is 0 Å². The van der Waals surface area contributed by atoms with Crippen molar-refractivity contribution in [1.82, 2.24) is 15.5 Å². The molecule has 5 heteroatoms. The molecule has 0 saturated heterocycles. The van der Waals surface area contributed by atoms with Crippen molar-refractivity contribution in [3.8, 4) is 0 Å². The Kier molecular flexibility index (Phi) is 9.22. The summed E-state index contributed by atoms with van der Waals surface area (Å²) in [6, 6.07) is 0.275. The summed E-state index contributed by atoms with van der Waals surface area (Å²) in [5.41, 5.74) is 0. The molecule has 1 aliphatic rings. The van der Waals surface area contributed by atoms with Crippen LogP contribution < -0.4 is 10.6 Å². The molecule has 2 N–H and O–H groups in total. The molecule has 3 atom stereocenters. The minimum atomic E-state index is -0.0302. The Bertz CT molecular complexity index is 369. The molecule has 5 nitrogen and oxygen atoms in total. The third kappa shape index (κ3) is 7.34. The lowest BCUT2D eigenvalue weighted by Crippen LogP contribution is -2.44. The lowest BCUT2D eigenvalue weighted by atomic mass is 9.78. The van der Waals surface area contributed by atoms with E-state index < -0.39 is 0 Å². The van der Waals surface area contributed by atoms with Crippen molar-refractivity contribution in [3.63, 3.8) is 0 Å². The number of hydrogen-bond donors (Lipinski definition) is 2. The van der Waals surface area contributed by atoms with Gasteiger partial charge in [-0.05, 0) is 31.3 Å². The highest BCUT2D eigenvalue weighted by Crippen LogP contribution is 2.29. The summed E-state index contributed by atoms with van der Waals surface area (Å²) >= 11 is 0. The van der Waals surface area contributed by atoms with Crippen molar-refractivity contribution in [2.75, 3.05) is 26.2 Å². The minimum Gasteiger partial charge on any atom is -0.355 e. The molecule has 0 heterocycles. The zero-order valence-electron chi connectivity index (χ0n) is 15.4. The summed E-state index contributed by atoms with van der Waals surface area (Å²) in [5, 5.41) is 6.02. The monoisotopic (exact) mass is 325 g/mol. The zero-order chi connectivity index (χ0) is 17.2. The zero-order valence-corrected chi connectivity index (χ0v) is 15.4. The van der Waals surface area contributed by atoms with E-state index in [1.54, 1.807) is 0 Å². The van der Waals surface area contributed by atoms with E-state index in [-0.39, 0.29) is 30.7 Å². The number of carbonyl (C=O) groups excluding carboxylic acids is 2. The van der Waals surface area contributed by atoms with Crippen LogP contribution in [0.3, 0.4) is 0 Å². The van der Waals surface area contributed by atoms with E-state index in [1.807, 2.05) is 0 Å². The first-order valence-corrected chi connectivity index (χ1v) is 9.26. The number of nitrogens with one attached hydrogen (secondary N) is 2. The molecule has 1 fully saturated rings. The number of nitrogens with zero attached hydrogens (tertiary/aromatic N) is 1. The number of likely N-dealkylation sites (N-methyl/N-ethyl adjacent to an activating group) is 1. The fraction of sp³-hybridized carbons (Fsp3) is 0.889. The van der Waals surface area contributed by atoms with Gasteiger partial charge in [0.15, 0.2) is 0 Å². The van der Waals surface area contributed by atoms with E-state index in [0.717, 1.165) is 26.1 Å². The third-order valence-electron chi connectivity index (χ3n) is 5.28. The molecule has 0 aromatic rings. The number of amides is 2. The van der Waals surface area contributed by atoms with Gasteiger partial charge in [0, 0.05) is 32.0 Å². The lowest BCUT2D eigenvalue weighted by molar-refractivity contribution is -0.127. The fourth-order valence-corrected chi connectivity index (χ4v) is 3.27. The molecule has 0 spiro atoms. The Balaban J connectivity index is 2.18. The maximum absolute atomic E-state index is 12.0. The molecule has 1 saturated carbocycles. The van der Waals surface area contributed by atoms with Gasteiger partial charge in [0.05, 0.1) is 0 Å². The summed E-state index contributed by atoms with van der Waals surface area (Å²) in [6.45, 7) is 12.2. The van der Waals surface area contributed by atoms with Crippen molar-refractivity contribution in [1.29, 1.82) is 0 Å². The van der Waals surface area contributed by atoms with Crippen LogP contribution in [0.1, 0.15) is 59.8 Å². The fourth-order valence-electron chi connectivity index (χ4n) is 3.27. The summed E-state index contributed by atoms with van der Waals surface area (Å²) in [6.07, 6.45) is 4.06. The van der Waals surface area contributed by atoms with Gasteiger partial charge in [0.1, 0.15) is 0 Å². The number of rotatable bonds is 9. The topological polar surface area (TPSA) is 61.4 Å². The van der Waals surface area contributed by atoms with E-state index in [4.69, 9.17) is 0 Å². The lowest BCUT2D eigenvalue weighted by Gasteiger charge is -2.34. The maximum Gasteiger partial charge on any atom is 0.220 e. The van der Waals surface area contributed by atoms with Gasteiger partial charge in [-0.15, -0.1) is 0 Å². The van der Waals surface area contributed by atoms with Gasteiger partial charge in [0.25, 0.3) is 0 Å². The summed E-state index contributed by atoms with van der Waals surface area (Å²) < 4.78 is 0. The second kappa shape index (κ2) is 10.6. The number of hydrogen-bond acceptors (Lipinski definition) is 3. The first-order valence-electron chi connectivity index (χ1n) is 9.26. The van der Waals surface area contributed by atoms with Crippen LogP contribution in [0.15, 0.2) is 0 Å². The average molecular weight is 325 g/mol. The molecule has 2 amide bonds. The van der Waals surface area contributed by atoms with Crippen molar-refractivity contribution < 1.29 is 9.59 Å². The molecule has 0 aliphatic heterocycles. The molecule has 0 unspecified atom stereocenters. The maximum atomic E-state index is 12.0. The first kappa shape index (κ1) is 19.9. The van der Waals surface area contributed by atoms with Crippen LogP contribution in [-0.2, 0) is 9.59 Å². The van der Waals surface area contributed by atoms with Crippen molar-refractivity contribution >= 4 is 11.8 Å². The predicted octanol–water partition coefficient (Wildman–Crippen LogP) is 2.17. The Morgan fingerprint density at radius 3 is 2.35 bits per heavy atom. The van der Waals surface area contributed by atoms with Crippen LogP contribution >= 0.6 is 0 Å². The van der Waals surface area contributed by atoms with Crippen LogP contribution in [0.5, 0.6) is 0 Å². The summed E-state index contributed by atoms with van der Waals surface area (Å²) in [5.74, 6) is 1.17. The standard InChI is InChI=1S/C18H35N3O2/c1-5-21(6-2)13-12-19-17(22)10-11-18(23)20-16-9-7-8-14(3)15(16)4/h14-16H,5-13H2,1-4H3,(H,19,22)(H,20,23)/t14-,15+,16-/m1/s1. The number of carbonyl (C=O) groups is 2. The largest absolute Gasteiger partial charge is 0.355 e. The smallest absolute Gasteiger partial charge is 0.220 e. The van der Waals surface area contributed by atoms with Gasteiger partial charge < -0.3 is 15.5 Å². The van der Waals surface area contributed by atoms with Gasteiger partial charge in [-0.1, -0.05) is 40.5 Å². The third-order valence-corrected chi connectivity index (χ3v) is 5.28. The Labute approximate surface area is 141 Å². The van der Waals surface area contributed by atoms with Crippen LogP contribution in [0.2, 0.25) is 0 Å². The molecule has 1 rings (SSSR count). The molecule has 0 radical (unpaired) electrons. The molecular formula is C18H35N3O2. The quantitative estimate of drug-likeness (QED) is 0.683. The van der Waals surface area contributed by atoms with Crippen molar-refractivity contribution in [2.24, 2.45) is 11.8 Å². The van der Waals surface area contributed by atoms with E-state index in [9.17, 15) is 9.59 Å². The highest BCUT2D eigenvalue weighted by Gasteiger charge is 2.27. The predicted molar refractivity (Wildman–Crippen MR) is 94.1 cm³/mol. The molecule has 134 valence electrons. The van der Waals surface area contributed by atoms with Crippen LogP contribution in [0, 0.1) is 11.8 Å². The summed E-state index contributed by atoms with van der Waals surface area (Å²) in [4.78, 5) is 26.1. The van der Waals surface area contributed by atoms with Gasteiger partial charge >= 0.3 is 0 Å². The molecular weight excluding hydrogens is 290 g/mol. The van der Waals surface area contributed by atoms with E-state index >= 15 is 0 Å². The Morgan fingerprint density at radius 2 is 1.70 bits per heavy atom. The second-order valence-corrected chi connectivity index (χ2v) is 6.82. The van der Waals surface area contributed by atoms with Crippen LogP contribution in [0.25, 0.3) is 0 Å². The van der Waals surface area contributed by atoms with Gasteiger partial charge in [-0.3, -0.25) is 9.59 Å². The SMILES string of the molecule is CCN(CC)CCNC(=O)CCC(=O)N[C@@H]1CCC[C@@H](C)[C@@H]1C. The van der Waals surface area contributed by atoms with Gasteiger partial charge in [-0.2, -0.15) is 0 Å². The van der Waals surface area contributed by atoms with Gasteiger partial charge in [0.2, 0.25) is 11.8 Å². The average Bonchev–Trinajstić information content (AvgIpc) is 2.54. The molecule has 23 heavy (non-hydrogen) atoms. The van der Waals surface area contributed by atoms with Crippen LogP contribution in [-0.4, -0.2) is 48.9 Å². The second-order valence-electron chi connectivity index (χ2n) is 6.82. The summed E-state index contributed by atoms with van der Waals surface area (Å²) in [7, 11) is 0.